The second-order valence-corrected chi connectivity index (χ2v) is 5.33. The molecule has 0 saturated carbocycles. The van der Waals surface area contributed by atoms with Crippen molar-refractivity contribution in [1.82, 2.24) is 15.3 Å². The zero-order valence-corrected chi connectivity index (χ0v) is 12.8. The number of imide groups is 1. The first kappa shape index (κ1) is 16.2. The minimum Gasteiger partial charge on any atom is -0.351 e. The van der Waals surface area contributed by atoms with Gasteiger partial charge in [0.2, 0.25) is 17.8 Å². The summed E-state index contributed by atoms with van der Waals surface area (Å²) in [6.45, 7) is 0. The number of benzene rings is 1. The molecule has 1 atom stereocenters. The van der Waals surface area contributed by atoms with Crippen LogP contribution in [0.5, 0.6) is 0 Å². The van der Waals surface area contributed by atoms with Crippen LogP contribution in [0.25, 0.3) is 0 Å². The third-order valence-electron chi connectivity index (χ3n) is 3.55. The number of urea groups is 1. The number of amides is 4. The molecule has 1 aliphatic heterocycles. The molecule has 2 aromatic rings. The van der Waals surface area contributed by atoms with Gasteiger partial charge < -0.3 is 16.4 Å². The highest BCUT2D eigenvalue weighted by molar-refractivity contribution is 6.04. The molecule has 1 unspecified atom stereocenters. The number of anilines is 3. The van der Waals surface area contributed by atoms with Gasteiger partial charge in [0, 0.05) is 12.1 Å². The summed E-state index contributed by atoms with van der Waals surface area (Å²) in [5, 5.41) is 7.23. The van der Waals surface area contributed by atoms with E-state index in [1.165, 1.54) is 0 Å². The molecular formula is C15H14N6O4. The van der Waals surface area contributed by atoms with Crippen molar-refractivity contribution in [2.45, 2.75) is 12.3 Å². The van der Waals surface area contributed by atoms with E-state index >= 15 is 0 Å². The van der Waals surface area contributed by atoms with Crippen LogP contribution in [0.3, 0.4) is 0 Å². The fraction of sp³-hybridized carbons (Fsp3) is 0.133. The molecule has 0 spiro atoms. The van der Waals surface area contributed by atoms with Crippen molar-refractivity contribution >= 4 is 35.3 Å². The average Bonchev–Trinajstić information content (AvgIpc) is 2.54. The molecule has 0 bridgehead atoms. The number of hydrogen-bond donors (Lipinski definition) is 5. The van der Waals surface area contributed by atoms with Crippen LogP contribution < -0.4 is 27.2 Å². The Kier molecular flexibility index (Phi) is 4.16. The van der Waals surface area contributed by atoms with Gasteiger partial charge in [0.1, 0.15) is 5.82 Å². The molecule has 25 heavy (non-hydrogen) atoms. The normalized spacial score (nSPS) is 15.7. The van der Waals surface area contributed by atoms with E-state index in [4.69, 9.17) is 5.73 Å². The Morgan fingerprint density at radius 2 is 1.92 bits per heavy atom. The molecular weight excluding hydrogens is 328 g/mol. The molecule has 0 aliphatic carbocycles. The standard InChI is InChI=1S/C15H14N6O4/c16-14(25)20-12(23)8-6-9(22)18-11-10(8)13(24)21-15(19-11)17-7-4-2-1-3-5-7/h1-5,8H,6H2,(H3,16,20,23,25)(H3,17,18,19,21,22,24). The lowest BCUT2D eigenvalue weighted by molar-refractivity contribution is -0.125. The second-order valence-electron chi connectivity index (χ2n) is 5.33. The first-order chi connectivity index (χ1) is 11.9. The van der Waals surface area contributed by atoms with Gasteiger partial charge in [-0.1, -0.05) is 18.2 Å². The van der Waals surface area contributed by atoms with Gasteiger partial charge in [-0.05, 0) is 12.1 Å². The molecule has 1 aliphatic rings. The van der Waals surface area contributed by atoms with Crippen molar-refractivity contribution in [3.63, 3.8) is 0 Å². The lowest BCUT2D eigenvalue weighted by Crippen LogP contribution is -2.43. The number of nitrogens with two attached hydrogens (primary N) is 1. The van der Waals surface area contributed by atoms with E-state index in [1.807, 2.05) is 11.4 Å². The Hall–Kier alpha value is -3.69. The summed E-state index contributed by atoms with van der Waals surface area (Å²) in [6, 6.07) is 7.89. The van der Waals surface area contributed by atoms with Crippen LogP contribution in [0.15, 0.2) is 35.1 Å². The van der Waals surface area contributed by atoms with Crippen LogP contribution in [-0.4, -0.2) is 27.8 Å². The summed E-state index contributed by atoms with van der Waals surface area (Å²) in [4.78, 5) is 53.8. The molecule has 1 aromatic carbocycles. The topological polar surface area (TPSA) is 159 Å². The summed E-state index contributed by atoms with van der Waals surface area (Å²) in [5.41, 5.74) is 4.96. The van der Waals surface area contributed by atoms with E-state index in [0.717, 1.165) is 0 Å². The van der Waals surface area contributed by atoms with Crippen LogP contribution in [-0.2, 0) is 9.59 Å². The Morgan fingerprint density at radius 3 is 2.60 bits per heavy atom. The molecule has 6 N–H and O–H groups in total. The molecule has 1 aromatic heterocycles. The van der Waals surface area contributed by atoms with Crippen molar-refractivity contribution in [3.05, 3.63) is 46.2 Å². The lowest BCUT2D eigenvalue weighted by Gasteiger charge is -2.23. The summed E-state index contributed by atoms with van der Waals surface area (Å²) in [5.74, 6) is -2.42. The van der Waals surface area contributed by atoms with E-state index in [0.29, 0.717) is 5.69 Å². The van der Waals surface area contributed by atoms with E-state index in [2.05, 4.69) is 20.6 Å². The first-order valence-electron chi connectivity index (χ1n) is 7.30. The van der Waals surface area contributed by atoms with E-state index in [1.54, 1.807) is 24.3 Å². The molecule has 0 saturated heterocycles. The fourth-order valence-electron chi connectivity index (χ4n) is 2.52. The van der Waals surface area contributed by atoms with Crippen molar-refractivity contribution < 1.29 is 14.4 Å². The number of para-hydroxylation sites is 1. The highest BCUT2D eigenvalue weighted by atomic mass is 16.2. The molecule has 2 heterocycles. The monoisotopic (exact) mass is 342 g/mol. The molecule has 10 heteroatoms. The smallest absolute Gasteiger partial charge is 0.318 e. The summed E-state index contributed by atoms with van der Waals surface area (Å²) < 4.78 is 0. The van der Waals surface area contributed by atoms with E-state index in [9.17, 15) is 19.2 Å². The van der Waals surface area contributed by atoms with Gasteiger partial charge in [-0.2, -0.15) is 4.98 Å². The zero-order valence-electron chi connectivity index (χ0n) is 12.8. The molecule has 0 radical (unpaired) electrons. The van der Waals surface area contributed by atoms with E-state index in [-0.39, 0.29) is 23.8 Å². The third kappa shape index (κ3) is 3.47. The van der Waals surface area contributed by atoms with Gasteiger partial charge in [-0.15, -0.1) is 0 Å². The maximum atomic E-state index is 12.4. The van der Waals surface area contributed by atoms with Gasteiger partial charge in [-0.25, -0.2) is 4.79 Å². The maximum absolute atomic E-state index is 12.4. The number of H-pyrrole nitrogens is 1. The highest BCUT2D eigenvalue weighted by Crippen LogP contribution is 2.29. The Morgan fingerprint density at radius 1 is 1.20 bits per heavy atom. The Balaban J connectivity index is 1.97. The number of aromatic amines is 1. The zero-order chi connectivity index (χ0) is 18.0. The van der Waals surface area contributed by atoms with Crippen LogP contribution >= 0.6 is 0 Å². The lowest BCUT2D eigenvalue weighted by atomic mass is 9.92. The first-order valence-corrected chi connectivity index (χ1v) is 7.30. The number of primary amides is 1. The number of nitrogens with zero attached hydrogens (tertiary/aromatic N) is 1. The third-order valence-corrected chi connectivity index (χ3v) is 3.55. The second kappa shape index (κ2) is 6.43. The molecule has 128 valence electrons. The molecule has 10 nitrogen and oxygen atoms in total. The number of hydrogen-bond acceptors (Lipinski definition) is 6. The Bertz CT molecular complexity index is 908. The highest BCUT2D eigenvalue weighted by Gasteiger charge is 2.35. The van der Waals surface area contributed by atoms with E-state index < -0.39 is 29.3 Å². The Labute approximate surface area is 140 Å². The maximum Gasteiger partial charge on any atom is 0.318 e. The predicted octanol–water partition coefficient (Wildman–Crippen LogP) is 0.134. The van der Waals surface area contributed by atoms with Crippen molar-refractivity contribution in [1.29, 1.82) is 0 Å². The quantitative estimate of drug-likeness (QED) is 0.533. The number of rotatable bonds is 3. The van der Waals surface area contributed by atoms with Gasteiger partial charge in [0.15, 0.2) is 0 Å². The van der Waals surface area contributed by atoms with Crippen LogP contribution in [0, 0.1) is 0 Å². The van der Waals surface area contributed by atoms with Gasteiger partial charge in [-0.3, -0.25) is 24.7 Å². The number of carbonyl (C=O) groups is 3. The number of fused-ring (bicyclic) bond motifs is 1. The summed E-state index contributed by atoms with van der Waals surface area (Å²) in [7, 11) is 0. The molecule has 3 rings (SSSR count). The minimum atomic E-state index is -1.15. The predicted molar refractivity (Wildman–Crippen MR) is 88.3 cm³/mol. The average molecular weight is 342 g/mol. The largest absolute Gasteiger partial charge is 0.351 e. The number of carbonyl (C=O) groups excluding carboxylic acids is 3. The molecule has 4 amide bonds. The number of nitrogens with one attached hydrogen (secondary N) is 4. The van der Waals surface area contributed by atoms with Gasteiger partial charge in [0.05, 0.1) is 11.5 Å². The van der Waals surface area contributed by atoms with Crippen molar-refractivity contribution in [2.75, 3.05) is 10.6 Å². The van der Waals surface area contributed by atoms with Gasteiger partial charge >= 0.3 is 6.03 Å². The summed E-state index contributed by atoms with van der Waals surface area (Å²) >= 11 is 0. The SMILES string of the molecule is NC(=O)NC(=O)C1CC(=O)Nc2nc(Nc3ccccc3)[nH]c(=O)c21. The van der Waals surface area contributed by atoms with Crippen LogP contribution in [0.1, 0.15) is 17.9 Å². The van der Waals surface area contributed by atoms with Crippen molar-refractivity contribution in [3.8, 4) is 0 Å². The minimum absolute atomic E-state index is 0.0306. The van der Waals surface area contributed by atoms with Crippen LogP contribution in [0.4, 0.5) is 22.2 Å². The van der Waals surface area contributed by atoms with Gasteiger partial charge in [0.25, 0.3) is 5.56 Å². The van der Waals surface area contributed by atoms with Crippen molar-refractivity contribution in [2.24, 2.45) is 5.73 Å². The molecule has 0 fully saturated rings. The summed E-state index contributed by atoms with van der Waals surface area (Å²) in [6.07, 6.45) is -0.289. The fourth-order valence-corrected chi connectivity index (χ4v) is 2.52. The van der Waals surface area contributed by atoms with Crippen LogP contribution in [0.2, 0.25) is 0 Å². The number of aromatic nitrogens is 2.